The first-order valence-corrected chi connectivity index (χ1v) is 6.05. The maximum absolute atomic E-state index is 11.7. The fourth-order valence-electron chi connectivity index (χ4n) is 1.66. The Morgan fingerprint density at radius 3 is 2.27 bits per heavy atom. The Bertz CT molecular complexity index is 349. The molecule has 0 aliphatic rings. The number of ether oxygens (including phenoxy) is 1. The molecule has 0 aromatic heterocycles. The van der Waals surface area contributed by atoms with Gasteiger partial charge in [-0.3, -0.25) is 0 Å². The summed E-state index contributed by atoms with van der Waals surface area (Å²) in [6.07, 6.45) is 0. The minimum absolute atomic E-state index is 0.228. The summed E-state index contributed by atoms with van der Waals surface area (Å²) in [4.78, 5) is 11.7. The van der Waals surface area contributed by atoms with E-state index in [1.807, 2.05) is 32.9 Å². The van der Waals surface area contributed by atoms with Crippen LogP contribution in [0.2, 0.25) is 0 Å². The molecule has 1 aromatic rings. The van der Waals surface area contributed by atoms with Gasteiger partial charge in [0, 0.05) is 5.33 Å². The molecule has 1 rings (SSSR count). The normalized spacial score (nSPS) is 10.1. The van der Waals surface area contributed by atoms with Crippen molar-refractivity contribution in [2.75, 3.05) is 6.61 Å². The van der Waals surface area contributed by atoms with Crippen molar-refractivity contribution < 1.29 is 9.53 Å². The molecule has 2 nitrogen and oxygen atoms in total. The number of rotatable bonds is 3. The van der Waals surface area contributed by atoms with Crippen molar-refractivity contribution in [1.29, 1.82) is 0 Å². The highest BCUT2D eigenvalue weighted by Gasteiger charge is 2.13. The second kappa shape index (κ2) is 5.31. The third-order valence-electron chi connectivity index (χ3n) is 2.23. The second-order valence-electron chi connectivity index (χ2n) is 3.46. The van der Waals surface area contributed by atoms with Crippen molar-refractivity contribution in [1.82, 2.24) is 0 Å². The van der Waals surface area contributed by atoms with Gasteiger partial charge in [0.05, 0.1) is 12.2 Å². The zero-order chi connectivity index (χ0) is 11.4. The van der Waals surface area contributed by atoms with Gasteiger partial charge in [-0.15, -0.1) is 0 Å². The average molecular weight is 271 g/mol. The highest BCUT2D eigenvalue weighted by Crippen LogP contribution is 2.19. The Morgan fingerprint density at radius 1 is 1.33 bits per heavy atom. The Morgan fingerprint density at radius 2 is 1.87 bits per heavy atom. The van der Waals surface area contributed by atoms with E-state index in [4.69, 9.17) is 4.74 Å². The molecule has 0 atom stereocenters. The van der Waals surface area contributed by atoms with E-state index in [1.54, 1.807) is 0 Å². The van der Waals surface area contributed by atoms with Crippen LogP contribution >= 0.6 is 15.9 Å². The zero-order valence-electron chi connectivity index (χ0n) is 9.26. The standard InChI is InChI=1S/C12H15BrO2/c1-4-15-12(14)11-8(2)5-10(7-13)6-9(11)3/h5-6H,4,7H2,1-3H3. The van der Waals surface area contributed by atoms with E-state index in [0.717, 1.165) is 16.5 Å². The lowest BCUT2D eigenvalue weighted by molar-refractivity contribution is 0.0524. The molecule has 3 heteroatoms. The Balaban J connectivity index is 3.13. The maximum Gasteiger partial charge on any atom is 0.338 e. The lowest BCUT2D eigenvalue weighted by Crippen LogP contribution is -2.09. The first-order valence-electron chi connectivity index (χ1n) is 4.93. The molecule has 0 saturated heterocycles. The highest BCUT2D eigenvalue weighted by atomic mass is 79.9. The van der Waals surface area contributed by atoms with E-state index in [2.05, 4.69) is 15.9 Å². The van der Waals surface area contributed by atoms with Crippen LogP contribution in [0.25, 0.3) is 0 Å². The predicted octanol–water partition coefficient (Wildman–Crippen LogP) is 3.38. The van der Waals surface area contributed by atoms with Crippen LogP contribution in [-0.2, 0) is 10.1 Å². The molecular formula is C12H15BrO2. The molecule has 0 spiro atoms. The molecular weight excluding hydrogens is 256 g/mol. The molecule has 82 valence electrons. The Kier molecular flexibility index (Phi) is 4.33. The van der Waals surface area contributed by atoms with Crippen LogP contribution in [0.5, 0.6) is 0 Å². The van der Waals surface area contributed by atoms with E-state index < -0.39 is 0 Å². The van der Waals surface area contributed by atoms with Crippen LogP contribution in [0.3, 0.4) is 0 Å². The van der Waals surface area contributed by atoms with Crippen molar-refractivity contribution in [3.8, 4) is 0 Å². The van der Waals surface area contributed by atoms with Gasteiger partial charge in [0.15, 0.2) is 0 Å². The summed E-state index contributed by atoms with van der Waals surface area (Å²) in [6.45, 7) is 6.10. The van der Waals surface area contributed by atoms with Gasteiger partial charge in [-0.2, -0.15) is 0 Å². The fourth-order valence-corrected chi connectivity index (χ4v) is 1.98. The minimum Gasteiger partial charge on any atom is -0.462 e. The summed E-state index contributed by atoms with van der Waals surface area (Å²) < 4.78 is 5.01. The van der Waals surface area contributed by atoms with Gasteiger partial charge in [-0.05, 0) is 37.5 Å². The molecule has 0 aliphatic heterocycles. The van der Waals surface area contributed by atoms with Gasteiger partial charge >= 0.3 is 5.97 Å². The molecule has 0 aliphatic carbocycles. The van der Waals surface area contributed by atoms with Gasteiger partial charge in [-0.25, -0.2) is 4.79 Å². The third-order valence-corrected chi connectivity index (χ3v) is 2.87. The number of aryl methyl sites for hydroxylation is 2. The smallest absolute Gasteiger partial charge is 0.338 e. The van der Waals surface area contributed by atoms with Gasteiger partial charge in [-0.1, -0.05) is 28.1 Å². The van der Waals surface area contributed by atoms with Gasteiger partial charge in [0.25, 0.3) is 0 Å². The van der Waals surface area contributed by atoms with Crippen LogP contribution in [0.1, 0.15) is 34.0 Å². The summed E-state index contributed by atoms with van der Waals surface area (Å²) in [7, 11) is 0. The highest BCUT2D eigenvalue weighted by molar-refractivity contribution is 9.08. The van der Waals surface area contributed by atoms with E-state index in [9.17, 15) is 4.79 Å². The quantitative estimate of drug-likeness (QED) is 0.622. The summed E-state index contributed by atoms with van der Waals surface area (Å²) >= 11 is 3.40. The van der Waals surface area contributed by atoms with Crippen LogP contribution in [0.15, 0.2) is 12.1 Å². The third kappa shape index (κ3) is 2.81. The van der Waals surface area contributed by atoms with Gasteiger partial charge < -0.3 is 4.74 Å². The summed E-state index contributed by atoms with van der Waals surface area (Å²) in [6, 6.07) is 4.02. The first-order chi connectivity index (χ1) is 7.10. The Labute approximate surface area is 98.8 Å². The summed E-state index contributed by atoms with van der Waals surface area (Å²) in [5, 5.41) is 0.803. The largest absolute Gasteiger partial charge is 0.462 e. The lowest BCUT2D eigenvalue weighted by Gasteiger charge is -2.10. The number of hydrogen-bond donors (Lipinski definition) is 0. The molecule has 0 saturated carbocycles. The number of halogens is 1. The maximum atomic E-state index is 11.7. The first kappa shape index (κ1) is 12.2. The summed E-state index contributed by atoms with van der Waals surface area (Å²) in [5.74, 6) is -0.228. The van der Waals surface area contributed by atoms with Gasteiger partial charge in [0.2, 0.25) is 0 Å². The predicted molar refractivity (Wildman–Crippen MR) is 64.5 cm³/mol. The molecule has 0 bridgehead atoms. The van der Waals surface area contributed by atoms with E-state index in [-0.39, 0.29) is 5.97 Å². The van der Waals surface area contributed by atoms with Gasteiger partial charge in [0.1, 0.15) is 0 Å². The van der Waals surface area contributed by atoms with Crippen molar-refractivity contribution in [3.63, 3.8) is 0 Å². The topological polar surface area (TPSA) is 26.3 Å². The molecule has 0 heterocycles. The zero-order valence-corrected chi connectivity index (χ0v) is 10.8. The van der Waals surface area contributed by atoms with Crippen molar-refractivity contribution >= 4 is 21.9 Å². The van der Waals surface area contributed by atoms with Crippen molar-refractivity contribution in [2.45, 2.75) is 26.1 Å². The van der Waals surface area contributed by atoms with Crippen molar-refractivity contribution in [3.05, 3.63) is 34.4 Å². The number of carbonyl (C=O) groups is 1. The Hall–Kier alpha value is -0.830. The molecule has 1 aromatic carbocycles. The second-order valence-corrected chi connectivity index (χ2v) is 4.02. The monoisotopic (exact) mass is 270 g/mol. The number of benzene rings is 1. The summed E-state index contributed by atoms with van der Waals surface area (Å²) in [5.41, 5.74) is 3.82. The number of hydrogen-bond acceptors (Lipinski definition) is 2. The fraction of sp³-hybridized carbons (Fsp3) is 0.417. The van der Waals surface area contributed by atoms with Crippen LogP contribution in [-0.4, -0.2) is 12.6 Å². The van der Waals surface area contributed by atoms with Crippen molar-refractivity contribution in [2.24, 2.45) is 0 Å². The molecule has 0 unspecified atom stereocenters. The number of alkyl halides is 1. The minimum atomic E-state index is -0.228. The van der Waals surface area contributed by atoms with Crippen LogP contribution in [0, 0.1) is 13.8 Å². The molecule has 0 amide bonds. The van der Waals surface area contributed by atoms with E-state index in [0.29, 0.717) is 12.2 Å². The van der Waals surface area contributed by atoms with E-state index in [1.165, 1.54) is 5.56 Å². The molecule has 0 fully saturated rings. The molecule has 0 N–H and O–H groups in total. The molecule has 15 heavy (non-hydrogen) atoms. The van der Waals surface area contributed by atoms with Crippen LogP contribution in [0.4, 0.5) is 0 Å². The SMILES string of the molecule is CCOC(=O)c1c(C)cc(CBr)cc1C. The number of esters is 1. The van der Waals surface area contributed by atoms with E-state index >= 15 is 0 Å². The lowest BCUT2D eigenvalue weighted by atomic mass is 10.00. The number of carbonyl (C=O) groups excluding carboxylic acids is 1. The van der Waals surface area contributed by atoms with Crippen LogP contribution < -0.4 is 0 Å². The average Bonchev–Trinajstić information content (AvgIpc) is 2.16. The molecule has 0 radical (unpaired) electrons.